The van der Waals surface area contributed by atoms with Crippen LogP contribution in [0, 0.1) is 0 Å². The molecule has 0 bridgehead atoms. The van der Waals surface area contributed by atoms with Crippen molar-refractivity contribution in [3.63, 3.8) is 0 Å². The molecule has 146 valence electrons. The number of hydrogen-bond acceptors (Lipinski definition) is 4. The molecule has 3 nitrogen and oxygen atoms in total. The van der Waals surface area contributed by atoms with E-state index in [-0.39, 0.29) is 15.5 Å². The van der Waals surface area contributed by atoms with Crippen LogP contribution in [-0.2, 0) is 14.3 Å². The number of aromatic nitrogens is 1. The van der Waals surface area contributed by atoms with Gasteiger partial charge in [-0.1, -0.05) is 41.5 Å². The highest BCUT2D eigenvalue weighted by atomic mass is 32.1. The molecular weight excluding hydrogens is 362 g/mol. The zero-order valence-electron chi connectivity index (χ0n) is 18.2. The molecule has 6 heteroatoms. The molecule has 1 aromatic rings. The Morgan fingerprint density at radius 2 is 1.24 bits per heavy atom. The number of rotatable bonds is 7. The standard InChI is InChI=1S/C19H39NO2SSi2/c1-17(2,3)24(8,9)21-14-19(7,16-20-12-13-23-16)15-22-25(10,11)18(4,5)6/h12-13H,14-15H2,1-11H3. The number of thiazole rings is 1. The first-order chi connectivity index (χ1) is 11.0. The fourth-order valence-electron chi connectivity index (χ4n) is 1.80. The van der Waals surface area contributed by atoms with E-state index in [0.717, 1.165) is 5.01 Å². The fourth-order valence-corrected chi connectivity index (χ4v) is 4.80. The first-order valence-electron chi connectivity index (χ1n) is 9.20. The topological polar surface area (TPSA) is 31.4 Å². The molecule has 0 unspecified atom stereocenters. The van der Waals surface area contributed by atoms with Crippen LogP contribution >= 0.6 is 11.3 Å². The van der Waals surface area contributed by atoms with Gasteiger partial charge in [-0.2, -0.15) is 0 Å². The summed E-state index contributed by atoms with van der Waals surface area (Å²) in [5.41, 5.74) is -0.195. The van der Waals surface area contributed by atoms with Crippen molar-refractivity contribution < 1.29 is 8.85 Å². The largest absolute Gasteiger partial charge is 0.416 e. The SMILES string of the molecule is CC(CO[Si](C)(C)C(C)(C)C)(CO[Si](C)(C)C(C)(C)C)c1nccs1. The summed E-state index contributed by atoms with van der Waals surface area (Å²) in [4.78, 5) is 4.60. The van der Waals surface area contributed by atoms with Crippen molar-refractivity contribution >= 4 is 28.0 Å². The van der Waals surface area contributed by atoms with Crippen molar-refractivity contribution in [2.75, 3.05) is 13.2 Å². The van der Waals surface area contributed by atoms with Gasteiger partial charge in [0.2, 0.25) is 0 Å². The summed E-state index contributed by atoms with van der Waals surface area (Å²) in [5, 5.41) is 3.57. The summed E-state index contributed by atoms with van der Waals surface area (Å²) in [6, 6.07) is 0. The highest BCUT2D eigenvalue weighted by molar-refractivity contribution is 7.09. The lowest BCUT2D eigenvalue weighted by Crippen LogP contribution is -2.48. The third-order valence-electron chi connectivity index (χ3n) is 6.06. The smallest absolute Gasteiger partial charge is 0.192 e. The minimum absolute atomic E-state index is 0.195. The summed E-state index contributed by atoms with van der Waals surface area (Å²) in [6.45, 7) is 26.5. The molecule has 1 rings (SSSR count). The molecule has 0 aromatic carbocycles. The molecule has 0 spiro atoms. The van der Waals surface area contributed by atoms with Gasteiger partial charge < -0.3 is 8.85 Å². The second-order valence-electron chi connectivity index (χ2n) is 10.5. The zero-order chi connectivity index (χ0) is 19.7. The quantitative estimate of drug-likeness (QED) is 0.492. The highest BCUT2D eigenvalue weighted by Crippen LogP contribution is 2.40. The Morgan fingerprint density at radius 1 is 0.840 bits per heavy atom. The van der Waals surface area contributed by atoms with E-state index in [1.807, 2.05) is 11.6 Å². The van der Waals surface area contributed by atoms with Crippen LogP contribution in [0.1, 0.15) is 53.5 Å². The van der Waals surface area contributed by atoms with E-state index >= 15 is 0 Å². The molecule has 0 N–H and O–H groups in total. The lowest BCUT2D eigenvalue weighted by atomic mass is 9.94. The van der Waals surface area contributed by atoms with Gasteiger partial charge in [-0.3, -0.25) is 0 Å². The predicted molar refractivity (Wildman–Crippen MR) is 116 cm³/mol. The van der Waals surface area contributed by atoms with Crippen molar-refractivity contribution in [3.8, 4) is 0 Å². The van der Waals surface area contributed by atoms with Crippen molar-refractivity contribution in [1.82, 2.24) is 4.98 Å². The van der Waals surface area contributed by atoms with Gasteiger partial charge in [-0.05, 0) is 43.2 Å². The lowest BCUT2D eigenvalue weighted by Gasteiger charge is -2.42. The molecule has 0 atom stereocenters. The van der Waals surface area contributed by atoms with Crippen LogP contribution in [-0.4, -0.2) is 34.8 Å². The van der Waals surface area contributed by atoms with Crippen LogP contribution in [0.5, 0.6) is 0 Å². The monoisotopic (exact) mass is 401 g/mol. The Hall–Kier alpha value is -0.0162. The van der Waals surface area contributed by atoms with E-state index in [1.165, 1.54) is 0 Å². The molecular formula is C19H39NO2SSi2. The minimum atomic E-state index is -1.81. The molecule has 0 fully saturated rings. The summed E-state index contributed by atoms with van der Waals surface area (Å²) in [6.07, 6.45) is 1.89. The van der Waals surface area contributed by atoms with E-state index < -0.39 is 16.6 Å². The third kappa shape index (κ3) is 5.73. The van der Waals surface area contributed by atoms with Gasteiger partial charge in [-0.25, -0.2) is 4.98 Å². The summed E-state index contributed by atoms with van der Waals surface area (Å²) in [5.74, 6) is 0. The molecule has 0 saturated carbocycles. The van der Waals surface area contributed by atoms with Gasteiger partial charge in [0.05, 0.1) is 5.41 Å². The lowest BCUT2D eigenvalue weighted by molar-refractivity contribution is 0.137. The Labute approximate surface area is 161 Å². The first-order valence-corrected chi connectivity index (χ1v) is 15.9. The second-order valence-corrected chi connectivity index (χ2v) is 21.0. The van der Waals surface area contributed by atoms with Gasteiger partial charge in [0.1, 0.15) is 5.01 Å². The van der Waals surface area contributed by atoms with Crippen molar-refractivity contribution in [2.24, 2.45) is 0 Å². The highest BCUT2D eigenvalue weighted by Gasteiger charge is 2.43. The molecule has 0 aliphatic rings. The fraction of sp³-hybridized carbons (Fsp3) is 0.842. The maximum absolute atomic E-state index is 6.57. The average Bonchev–Trinajstić information content (AvgIpc) is 2.95. The van der Waals surface area contributed by atoms with E-state index in [9.17, 15) is 0 Å². The Kier molecular flexibility index (Phi) is 6.95. The van der Waals surface area contributed by atoms with Gasteiger partial charge in [0, 0.05) is 24.8 Å². The van der Waals surface area contributed by atoms with Crippen LogP contribution in [0.15, 0.2) is 11.6 Å². The van der Waals surface area contributed by atoms with Crippen LogP contribution in [0.25, 0.3) is 0 Å². The minimum Gasteiger partial charge on any atom is -0.416 e. The molecule has 0 aliphatic carbocycles. The Balaban J connectivity index is 2.98. The number of hydrogen-bond donors (Lipinski definition) is 0. The van der Waals surface area contributed by atoms with E-state index in [1.54, 1.807) is 11.3 Å². The van der Waals surface area contributed by atoms with Crippen LogP contribution in [0.3, 0.4) is 0 Å². The Bertz CT molecular complexity index is 513. The van der Waals surface area contributed by atoms with E-state index in [0.29, 0.717) is 13.2 Å². The first kappa shape index (κ1) is 23.0. The summed E-state index contributed by atoms with van der Waals surface area (Å²) < 4.78 is 13.1. The van der Waals surface area contributed by atoms with E-state index in [4.69, 9.17) is 8.85 Å². The maximum atomic E-state index is 6.57. The van der Waals surface area contributed by atoms with Gasteiger partial charge in [0.25, 0.3) is 0 Å². The molecule has 1 heterocycles. The van der Waals surface area contributed by atoms with Crippen LogP contribution in [0.4, 0.5) is 0 Å². The summed E-state index contributed by atoms with van der Waals surface area (Å²) in [7, 11) is -3.61. The second kappa shape index (κ2) is 7.54. The normalized spacial score (nSPS) is 14.8. The van der Waals surface area contributed by atoms with Crippen molar-refractivity contribution in [3.05, 3.63) is 16.6 Å². The third-order valence-corrected chi connectivity index (χ3v) is 16.1. The molecule has 0 amide bonds. The number of nitrogens with zero attached hydrogens (tertiary/aromatic N) is 1. The molecule has 0 saturated heterocycles. The van der Waals surface area contributed by atoms with Crippen molar-refractivity contribution in [2.45, 2.75) is 90.1 Å². The molecule has 0 radical (unpaired) electrons. The maximum Gasteiger partial charge on any atom is 0.192 e. The molecule has 0 aliphatic heterocycles. The van der Waals surface area contributed by atoms with Crippen molar-refractivity contribution in [1.29, 1.82) is 0 Å². The average molecular weight is 402 g/mol. The summed E-state index contributed by atoms with van der Waals surface area (Å²) >= 11 is 1.71. The van der Waals surface area contributed by atoms with Gasteiger partial charge >= 0.3 is 0 Å². The van der Waals surface area contributed by atoms with E-state index in [2.05, 4.69) is 79.6 Å². The van der Waals surface area contributed by atoms with Crippen LogP contribution in [0.2, 0.25) is 36.3 Å². The van der Waals surface area contributed by atoms with Gasteiger partial charge in [-0.15, -0.1) is 11.3 Å². The van der Waals surface area contributed by atoms with Crippen LogP contribution < -0.4 is 0 Å². The van der Waals surface area contributed by atoms with Gasteiger partial charge in [0.15, 0.2) is 16.6 Å². The molecule has 1 aromatic heterocycles. The zero-order valence-corrected chi connectivity index (χ0v) is 21.1. The Morgan fingerprint density at radius 3 is 1.52 bits per heavy atom. The molecule has 25 heavy (non-hydrogen) atoms. The predicted octanol–water partition coefficient (Wildman–Crippen LogP) is 6.44.